The van der Waals surface area contributed by atoms with E-state index in [-0.39, 0.29) is 5.41 Å². The number of aromatic nitrogens is 2. The van der Waals surface area contributed by atoms with Gasteiger partial charge in [-0.3, -0.25) is 0 Å². The van der Waals surface area contributed by atoms with Crippen molar-refractivity contribution in [3.63, 3.8) is 0 Å². The Bertz CT molecular complexity index is 3180. The van der Waals surface area contributed by atoms with Gasteiger partial charge in [0.25, 0.3) is 0 Å². The molecule has 0 radical (unpaired) electrons. The lowest BCUT2D eigenvalue weighted by atomic mass is 9.82. The van der Waals surface area contributed by atoms with Crippen molar-refractivity contribution in [1.82, 2.24) is 9.97 Å². The van der Waals surface area contributed by atoms with E-state index < -0.39 is 0 Å². The summed E-state index contributed by atoms with van der Waals surface area (Å²) in [5.41, 5.74) is 17.3. The van der Waals surface area contributed by atoms with Crippen molar-refractivity contribution in [3.05, 3.63) is 205 Å². The molecule has 0 unspecified atom stereocenters. The third-order valence-electron chi connectivity index (χ3n) is 11.9. The molecular weight excluding hydrogens is 721 g/mol. The molecule has 3 heteroatoms. The molecule has 0 saturated carbocycles. The molecular formula is C55H38N2S. The quantitative estimate of drug-likeness (QED) is 0.169. The van der Waals surface area contributed by atoms with E-state index in [0.29, 0.717) is 5.82 Å². The van der Waals surface area contributed by atoms with E-state index in [0.717, 1.165) is 39.2 Å². The molecule has 0 fully saturated rings. The molecule has 0 aliphatic heterocycles. The van der Waals surface area contributed by atoms with Crippen LogP contribution in [-0.4, -0.2) is 9.97 Å². The lowest BCUT2D eigenvalue weighted by Gasteiger charge is -2.21. The van der Waals surface area contributed by atoms with E-state index in [1.54, 1.807) is 0 Å². The second kappa shape index (κ2) is 13.6. The van der Waals surface area contributed by atoms with Gasteiger partial charge in [0, 0.05) is 42.3 Å². The first-order valence-electron chi connectivity index (χ1n) is 19.9. The molecule has 0 atom stereocenters. The van der Waals surface area contributed by atoms with Crippen LogP contribution >= 0.6 is 11.3 Å². The van der Waals surface area contributed by atoms with Gasteiger partial charge in [-0.2, -0.15) is 0 Å². The molecule has 274 valence electrons. The van der Waals surface area contributed by atoms with Crippen LogP contribution in [0.2, 0.25) is 0 Å². The second-order valence-corrected chi connectivity index (χ2v) is 16.9. The van der Waals surface area contributed by atoms with Gasteiger partial charge in [-0.25, -0.2) is 9.97 Å². The molecule has 2 heterocycles. The first-order chi connectivity index (χ1) is 28.5. The predicted molar refractivity (Wildman–Crippen MR) is 245 cm³/mol. The minimum absolute atomic E-state index is 0.0129. The summed E-state index contributed by atoms with van der Waals surface area (Å²) in [5.74, 6) is 0.699. The molecule has 0 amide bonds. The fourth-order valence-electron chi connectivity index (χ4n) is 8.84. The molecule has 0 saturated heterocycles. The first kappa shape index (κ1) is 34.3. The number of nitrogens with zero attached hydrogens (tertiary/aromatic N) is 2. The predicted octanol–water partition coefficient (Wildman–Crippen LogP) is 15.2. The molecule has 11 rings (SSSR count). The highest BCUT2D eigenvalue weighted by Gasteiger charge is 2.35. The Balaban J connectivity index is 1.03. The van der Waals surface area contributed by atoms with E-state index in [1.807, 2.05) is 17.4 Å². The third-order valence-corrected chi connectivity index (χ3v) is 13.1. The van der Waals surface area contributed by atoms with Crippen LogP contribution in [0.5, 0.6) is 0 Å². The average molecular weight is 759 g/mol. The third kappa shape index (κ3) is 5.86. The molecule has 2 aromatic heterocycles. The van der Waals surface area contributed by atoms with E-state index in [4.69, 9.17) is 9.97 Å². The van der Waals surface area contributed by atoms with Gasteiger partial charge in [-0.05, 0) is 104 Å². The fraction of sp³-hybridized carbons (Fsp3) is 0.0545. The number of rotatable bonds is 6. The van der Waals surface area contributed by atoms with Crippen molar-refractivity contribution in [3.8, 4) is 78.4 Å². The van der Waals surface area contributed by atoms with Crippen molar-refractivity contribution in [2.75, 3.05) is 0 Å². The van der Waals surface area contributed by atoms with Crippen LogP contribution in [0.3, 0.4) is 0 Å². The summed E-state index contributed by atoms with van der Waals surface area (Å²) in [4.78, 5) is 10.5. The largest absolute Gasteiger partial charge is 0.228 e. The van der Waals surface area contributed by atoms with E-state index >= 15 is 0 Å². The van der Waals surface area contributed by atoms with E-state index in [9.17, 15) is 0 Å². The highest BCUT2D eigenvalue weighted by Crippen LogP contribution is 2.49. The summed E-state index contributed by atoms with van der Waals surface area (Å²) >= 11 is 1.85. The normalized spacial score (nSPS) is 12.8. The second-order valence-electron chi connectivity index (χ2n) is 15.8. The molecule has 0 spiro atoms. The SMILES string of the molecule is CC1(C)c2ccccc2-c2cc(-c3ccc(-c4nc(-c5ccccc5)cc(-c5cc(-c6ccccc6)cc(-c6ccc7sc8ccccc8c7c6)c5)n4)cc3)ccc21. The van der Waals surface area contributed by atoms with Crippen LogP contribution in [0.1, 0.15) is 25.0 Å². The zero-order valence-electron chi connectivity index (χ0n) is 32.3. The lowest BCUT2D eigenvalue weighted by Crippen LogP contribution is -2.14. The Hall–Kier alpha value is -6.94. The summed E-state index contributed by atoms with van der Waals surface area (Å²) in [6.07, 6.45) is 0. The molecule has 0 bridgehead atoms. The number of hydrogen-bond donors (Lipinski definition) is 0. The van der Waals surface area contributed by atoms with Gasteiger partial charge in [0.1, 0.15) is 0 Å². The van der Waals surface area contributed by atoms with Crippen molar-refractivity contribution in [2.24, 2.45) is 0 Å². The van der Waals surface area contributed by atoms with Crippen LogP contribution in [0.25, 0.3) is 98.6 Å². The maximum atomic E-state index is 5.33. The minimum Gasteiger partial charge on any atom is -0.228 e. The topological polar surface area (TPSA) is 25.8 Å². The van der Waals surface area contributed by atoms with Crippen molar-refractivity contribution < 1.29 is 0 Å². The number of hydrogen-bond acceptors (Lipinski definition) is 3. The van der Waals surface area contributed by atoms with Gasteiger partial charge in [0.15, 0.2) is 5.82 Å². The Morgan fingerprint density at radius 3 is 1.67 bits per heavy atom. The number of fused-ring (bicyclic) bond motifs is 6. The first-order valence-corrected chi connectivity index (χ1v) is 20.7. The molecule has 8 aromatic carbocycles. The smallest absolute Gasteiger partial charge is 0.160 e. The van der Waals surface area contributed by atoms with Crippen LogP contribution in [0.4, 0.5) is 0 Å². The minimum atomic E-state index is -0.0129. The van der Waals surface area contributed by atoms with Crippen molar-refractivity contribution in [2.45, 2.75) is 19.3 Å². The molecule has 1 aliphatic carbocycles. The molecule has 10 aromatic rings. The van der Waals surface area contributed by atoms with Gasteiger partial charge < -0.3 is 0 Å². The maximum absolute atomic E-state index is 5.33. The van der Waals surface area contributed by atoms with Gasteiger partial charge >= 0.3 is 0 Å². The zero-order valence-corrected chi connectivity index (χ0v) is 33.1. The molecule has 2 nitrogen and oxygen atoms in total. The summed E-state index contributed by atoms with van der Waals surface area (Å²) in [6.45, 7) is 4.65. The summed E-state index contributed by atoms with van der Waals surface area (Å²) < 4.78 is 2.61. The van der Waals surface area contributed by atoms with Crippen LogP contribution in [0.15, 0.2) is 194 Å². The molecule has 58 heavy (non-hydrogen) atoms. The number of thiophene rings is 1. The van der Waals surface area contributed by atoms with E-state index in [1.165, 1.54) is 64.7 Å². The monoisotopic (exact) mass is 758 g/mol. The fourth-order valence-corrected chi connectivity index (χ4v) is 9.92. The zero-order chi connectivity index (χ0) is 38.8. The lowest BCUT2D eigenvalue weighted by molar-refractivity contribution is 0.660. The Morgan fingerprint density at radius 1 is 0.345 bits per heavy atom. The standard InChI is InChI=1S/C55H38N2S/c1-55(2)48-19-11-9-17-44(48)46-32-39(25-27-49(46)55)36-21-23-38(24-22-36)54-56-50(37-15-7-4-8-16-37)34-51(57-54)43-30-41(35-13-5-3-6-14-35)29-42(31-43)40-26-28-53-47(33-40)45-18-10-12-20-52(45)58-53/h3-34H,1-2H3. The Kier molecular flexibility index (Phi) is 8.06. The highest BCUT2D eigenvalue weighted by molar-refractivity contribution is 7.25. The van der Waals surface area contributed by atoms with Gasteiger partial charge in [-0.1, -0.05) is 159 Å². The number of benzene rings is 8. The maximum Gasteiger partial charge on any atom is 0.160 e. The van der Waals surface area contributed by atoms with Gasteiger partial charge in [0.2, 0.25) is 0 Å². The molecule has 0 N–H and O–H groups in total. The Labute approximate surface area is 342 Å². The van der Waals surface area contributed by atoms with E-state index in [2.05, 4.69) is 202 Å². The van der Waals surface area contributed by atoms with Gasteiger partial charge in [0.05, 0.1) is 11.4 Å². The van der Waals surface area contributed by atoms with Crippen LogP contribution in [-0.2, 0) is 5.41 Å². The van der Waals surface area contributed by atoms with Gasteiger partial charge in [-0.15, -0.1) is 11.3 Å². The van der Waals surface area contributed by atoms with Crippen LogP contribution < -0.4 is 0 Å². The summed E-state index contributed by atoms with van der Waals surface area (Å²) in [7, 11) is 0. The Morgan fingerprint density at radius 2 is 0.879 bits per heavy atom. The van der Waals surface area contributed by atoms with Crippen molar-refractivity contribution >= 4 is 31.5 Å². The highest BCUT2D eigenvalue weighted by atomic mass is 32.1. The average Bonchev–Trinajstić information content (AvgIpc) is 3.77. The van der Waals surface area contributed by atoms with Crippen molar-refractivity contribution in [1.29, 1.82) is 0 Å². The summed E-state index contributed by atoms with van der Waals surface area (Å²) in [5, 5.41) is 2.59. The summed E-state index contributed by atoms with van der Waals surface area (Å²) in [6, 6.07) is 70.2. The van der Waals surface area contributed by atoms with Crippen LogP contribution in [0, 0.1) is 0 Å². The molecule has 1 aliphatic rings.